The van der Waals surface area contributed by atoms with Gasteiger partial charge >= 0.3 is 0 Å². The van der Waals surface area contributed by atoms with Crippen LogP contribution >= 0.6 is 12.4 Å². The third-order valence-electron chi connectivity index (χ3n) is 7.85. The van der Waals surface area contributed by atoms with Gasteiger partial charge in [0.25, 0.3) is 5.91 Å². The minimum absolute atomic E-state index is 0. The second-order valence-electron chi connectivity index (χ2n) is 9.58. The topological polar surface area (TPSA) is 61.8 Å². The molecular weight excluding hydrogens is 400 g/mol. The Morgan fingerprint density at radius 2 is 1.63 bits per heavy atom. The molecule has 2 fully saturated rings. The summed E-state index contributed by atoms with van der Waals surface area (Å²) in [6.45, 7) is 11.8. The molecule has 3 heterocycles. The Bertz CT molecular complexity index is 798. The first-order valence-electron chi connectivity index (χ1n) is 11.3. The SMILES string of the molecule is Cc1c(C)c2c(c(C)c1O)CCC(C)(C(=O)N1CCC(C3CCNCC3)CC1)O2.Cl. The zero-order valence-electron chi connectivity index (χ0n) is 18.8. The molecule has 1 amide bonds. The lowest BCUT2D eigenvalue weighted by Crippen LogP contribution is -2.54. The normalized spacial score (nSPS) is 25.3. The maximum Gasteiger partial charge on any atom is 0.266 e. The Balaban J connectivity index is 0.00000256. The van der Waals surface area contributed by atoms with E-state index in [-0.39, 0.29) is 18.3 Å². The van der Waals surface area contributed by atoms with Gasteiger partial charge in [0, 0.05) is 25.1 Å². The van der Waals surface area contributed by atoms with Crippen molar-refractivity contribution in [3.05, 3.63) is 22.3 Å². The van der Waals surface area contributed by atoms with E-state index in [2.05, 4.69) is 5.32 Å². The Hall–Kier alpha value is -1.46. The second kappa shape index (κ2) is 8.96. The van der Waals surface area contributed by atoms with Gasteiger partial charge < -0.3 is 20.1 Å². The van der Waals surface area contributed by atoms with Crippen LogP contribution in [-0.4, -0.2) is 47.7 Å². The Morgan fingerprint density at radius 1 is 1.03 bits per heavy atom. The van der Waals surface area contributed by atoms with Gasteiger partial charge in [-0.25, -0.2) is 0 Å². The van der Waals surface area contributed by atoms with E-state index in [1.54, 1.807) is 0 Å². The summed E-state index contributed by atoms with van der Waals surface area (Å²) in [7, 11) is 0. The van der Waals surface area contributed by atoms with Crippen LogP contribution in [0, 0.1) is 32.6 Å². The van der Waals surface area contributed by atoms with Gasteiger partial charge in [0.15, 0.2) is 5.60 Å². The number of aromatic hydroxyl groups is 1. The van der Waals surface area contributed by atoms with Gasteiger partial charge in [0.05, 0.1) is 0 Å². The summed E-state index contributed by atoms with van der Waals surface area (Å²) >= 11 is 0. The lowest BCUT2D eigenvalue weighted by atomic mass is 9.79. The first-order valence-corrected chi connectivity index (χ1v) is 11.3. The molecule has 1 aromatic rings. The fourth-order valence-corrected chi connectivity index (χ4v) is 5.62. The fourth-order valence-electron chi connectivity index (χ4n) is 5.62. The highest BCUT2D eigenvalue weighted by Crippen LogP contribution is 2.44. The van der Waals surface area contributed by atoms with E-state index in [4.69, 9.17) is 4.74 Å². The van der Waals surface area contributed by atoms with Crippen LogP contribution in [-0.2, 0) is 11.2 Å². The fraction of sp³-hybridized carbons (Fsp3) is 0.708. The van der Waals surface area contributed by atoms with Crippen molar-refractivity contribution in [1.29, 1.82) is 0 Å². The minimum atomic E-state index is -0.810. The molecule has 2 saturated heterocycles. The maximum atomic E-state index is 13.5. The summed E-state index contributed by atoms with van der Waals surface area (Å²) in [5.41, 5.74) is 2.93. The summed E-state index contributed by atoms with van der Waals surface area (Å²) in [5, 5.41) is 13.8. The molecule has 2 N–H and O–H groups in total. The molecule has 3 aliphatic rings. The molecule has 3 aliphatic heterocycles. The van der Waals surface area contributed by atoms with Crippen LogP contribution in [0.15, 0.2) is 0 Å². The molecule has 0 aromatic heterocycles. The van der Waals surface area contributed by atoms with Crippen molar-refractivity contribution >= 4 is 18.3 Å². The van der Waals surface area contributed by atoms with Crippen LogP contribution in [0.1, 0.15) is 61.3 Å². The first kappa shape index (κ1) is 23.2. The van der Waals surface area contributed by atoms with Crippen molar-refractivity contribution in [2.75, 3.05) is 26.2 Å². The average molecular weight is 437 g/mol. The molecule has 6 heteroatoms. The van der Waals surface area contributed by atoms with Crippen LogP contribution in [0.3, 0.4) is 0 Å². The van der Waals surface area contributed by atoms with Crippen LogP contribution in [0.4, 0.5) is 0 Å². The Labute approximate surface area is 187 Å². The van der Waals surface area contributed by atoms with E-state index in [0.29, 0.717) is 12.2 Å². The molecule has 0 radical (unpaired) electrons. The number of likely N-dealkylation sites (tertiary alicyclic amines) is 1. The number of ether oxygens (including phenoxy) is 1. The summed E-state index contributed by atoms with van der Waals surface area (Å²) in [5.74, 6) is 2.89. The quantitative estimate of drug-likeness (QED) is 0.733. The van der Waals surface area contributed by atoms with Crippen molar-refractivity contribution in [2.24, 2.45) is 11.8 Å². The molecule has 30 heavy (non-hydrogen) atoms. The number of amides is 1. The van der Waals surface area contributed by atoms with Crippen LogP contribution in [0.5, 0.6) is 11.5 Å². The molecular formula is C24H37ClN2O3. The summed E-state index contributed by atoms with van der Waals surface area (Å²) in [4.78, 5) is 15.5. The third kappa shape index (κ3) is 4.03. The minimum Gasteiger partial charge on any atom is -0.507 e. The molecule has 0 aliphatic carbocycles. The molecule has 4 rings (SSSR count). The number of benzene rings is 1. The summed E-state index contributed by atoms with van der Waals surface area (Å²) in [6, 6.07) is 0. The van der Waals surface area contributed by atoms with Gasteiger partial charge in [-0.1, -0.05) is 0 Å². The highest BCUT2D eigenvalue weighted by Gasteiger charge is 2.44. The number of phenolic OH excluding ortho intramolecular Hbond substituents is 1. The van der Waals surface area contributed by atoms with Gasteiger partial charge in [-0.2, -0.15) is 0 Å². The van der Waals surface area contributed by atoms with E-state index in [0.717, 1.165) is 85.3 Å². The van der Waals surface area contributed by atoms with E-state index in [1.165, 1.54) is 12.8 Å². The highest BCUT2D eigenvalue weighted by atomic mass is 35.5. The van der Waals surface area contributed by atoms with Crippen molar-refractivity contribution in [3.63, 3.8) is 0 Å². The van der Waals surface area contributed by atoms with E-state index < -0.39 is 5.60 Å². The number of carbonyl (C=O) groups is 1. The number of nitrogens with one attached hydrogen (secondary N) is 1. The van der Waals surface area contributed by atoms with Crippen LogP contribution < -0.4 is 10.1 Å². The summed E-state index contributed by atoms with van der Waals surface area (Å²) in [6.07, 6.45) is 6.23. The van der Waals surface area contributed by atoms with Crippen LogP contribution in [0.25, 0.3) is 0 Å². The van der Waals surface area contributed by atoms with Crippen molar-refractivity contribution in [2.45, 2.75) is 71.8 Å². The monoisotopic (exact) mass is 436 g/mol. The maximum absolute atomic E-state index is 13.5. The Kier molecular flexibility index (Phi) is 6.93. The molecule has 0 spiro atoms. The smallest absolute Gasteiger partial charge is 0.266 e. The lowest BCUT2D eigenvalue weighted by molar-refractivity contribution is -0.150. The van der Waals surface area contributed by atoms with E-state index in [9.17, 15) is 9.90 Å². The number of phenols is 1. The van der Waals surface area contributed by atoms with Gasteiger partial charge in [0.2, 0.25) is 0 Å². The number of rotatable bonds is 2. The first-order chi connectivity index (χ1) is 13.8. The van der Waals surface area contributed by atoms with E-state index in [1.807, 2.05) is 32.6 Å². The lowest BCUT2D eigenvalue weighted by Gasteiger charge is -2.43. The predicted octanol–water partition coefficient (Wildman–Crippen LogP) is 4.06. The number of halogens is 1. The number of hydrogen-bond acceptors (Lipinski definition) is 4. The van der Waals surface area contributed by atoms with Crippen molar-refractivity contribution in [3.8, 4) is 11.5 Å². The van der Waals surface area contributed by atoms with Gasteiger partial charge in [-0.15, -0.1) is 12.4 Å². The largest absolute Gasteiger partial charge is 0.507 e. The highest BCUT2D eigenvalue weighted by molar-refractivity contribution is 5.86. The molecule has 0 saturated carbocycles. The molecule has 1 atom stereocenters. The van der Waals surface area contributed by atoms with Crippen LogP contribution in [0.2, 0.25) is 0 Å². The van der Waals surface area contributed by atoms with Gasteiger partial charge in [-0.05, 0) is 101 Å². The molecule has 5 nitrogen and oxygen atoms in total. The standard InChI is InChI=1S/C24H36N2O3.ClH/c1-15-16(2)22-20(17(3)21(15)27)5-10-24(4,29-22)23(28)26-13-8-19(9-14-26)18-6-11-25-12-7-18;/h18-19,25,27H,5-14H2,1-4H3;1H. The molecule has 1 unspecified atom stereocenters. The van der Waals surface area contributed by atoms with Crippen molar-refractivity contribution in [1.82, 2.24) is 10.2 Å². The van der Waals surface area contributed by atoms with E-state index >= 15 is 0 Å². The number of fused-ring (bicyclic) bond motifs is 1. The number of nitrogens with zero attached hydrogens (tertiary/aromatic N) is 1. The predicted molar refractivity (Wildman–Crippen MR) is 122 cm³/mol. The molecule has 0 bridgehead atoms. The third-order valence-corrected chi connectivity index (χ3v) is 7.85. The zero-order valence-corrected chi connectivity index (χ0v) is 19.7. The average Bonchev–Trinajstić information content (AvgIpc) is 2.76. The van der Waals surface area contributed by atoms with Gasteiger partial charge in [-0.3, -0.25) is 4.79 Å². The van der Waals surface area contributed by atoms with Crippen molar-refractivity contribution < 1.29 is 14.6 Å². The zero-order chi connectivity index (χ0) is 20.8. The number of piperidine rings is 2. The molecule has 168 valence electrons. The summed E-state index contributed by atoms with van der Waals surface area (Å²) < 4.78 is 6.41. The Morgan fingerprint density at radius 3 is 2.27 bits per heavy atom. The number of hydrogen-bond donors (Lipinski definition) is 2. The van der Waals surface area contributed by atoms with Gasteiger partial charge in [0.1, 0.15) is 11.5 Å². The second-order valence-corrected chi connectivity index (χ2v) is 9.58. The number of carbonyl (C=O) groups excluding carboxylic acids is 1. The molecule has 1 aromatic carbocycles.